The first kappa shape index (κ1) is 15.7. The Bertz CT molecular complexity index is 754. The second kappa shape index (κ2) is 6.39. The number of phenolic OH excluding ortho intramolecular Hbond substituents is 1. The van der Waals surface area contributed by atoms with Gasteiger partial charge in [0.25, 0.3) is 0 Å². The minimum absolute atomic E-state index is 0.0917. The van der Waals surface area contributed by atoms with Crippen molar-refractivity contribution in [3.8, 4) is 5.75 Å². The molecule has 0 aliphatic rings. The van der Waals surface area contributed by atoms with E-state index in [4.69, 9.17) is 4.74 Å². The molecule has 0 bridgehead atoms. The fraction of sp³-hybridized carbons (Fsp3) is 0.176. The highest BCUT2D eigenvalue weighted by molar-refractivity contribution is 6.00. The summed E-state index contributed by atoms with van der Waals surface area (Å²) < 4.78 is 18.0. The zero-order valence-electron chi connectivity index (χ0n) is 12.6. The molecule has 0 heterocycles. The standard InChI is InChI=1S/C17H16FNO3/c1-10-7-12(13(8-11(10)2)17(21)22-3)9-19-15-6-4-5-14(18)16(15)20/h4-9,20H,1-3H3. The number of halogens is 1. The summed E-state index contributed by atoms with van der Waals surface area (Å²) >= 11 is 0. The van der Waals surface area contributed by atoms with Gasteiger partial charge in [-0.15, -0.1) is 0 Å². The molecule has 0 radical (unpaired) electrons. The van der Waals surface area contributed by atoms with E-state index in [1.807, 2.05) is 13.8 Å². The maximum Gasteiger partial charge on any atom is 0.338 e. The number of carbonyl (C=O) groups excluding carboxylic acids is 1. The predicted octanol–water partition coefficient (Wildman–Crippen LogP) is 3.69. The maximum atomic E-state index is 13.3. The average molecular weight is 301 g/mol. The van der Waals surface area contributed by atoms with Crippen LogP contribution in [0.4, 0.5) is 10.1 Å². The number of methoxy groups -OCH3 is 1. The van der Waals surface area contributed by atoms with Crippen molar-refractivity contribution in [2.75, 3.05) is 7.11 Å². The zero-order valence-corrected chi connectivity index (χ0v) is 12.6. The van der Waals surface area contributed by atoms with E-state index in [9.17, 15) is 14.3 Å². The van der Waals surface area contributed by atoms with Crippen LogP contribution < -0.4 is 0 Å². The third-order valence-electron chi connectivity index (χ3n) is 3.38. The number of carbonyl (C=O) groups is 1. The number of nitrogens with zero attached hydrogens (tertiary/aromatic N) is 1. The first-order chi connectivity index (χ1) is 10.4. The summed E-state index contributed by atoms with van der Waals surface area (Å²) in [6.07, 6.45) is 1.41. The molecule has 0 fully saturated rings. The topological polar surface area (TPSA) is 58.9 Å². The number of rotatable bonds is 3. The van der Waals surface area contributed by atoms with Gasteiger partial charge in [-0.3, -0.25) is 4.99 Å². The molecular weight excluding hydrogens is 285 g/mol. The van der Waals surface area contributed by atoms with Crippen LogP contribution in [0.25, 0.3) is 0 Å². The molecule has 0 saturated heterocycles. The molecule has 2 aromatic rings. The lowest BCUT2D eigenvalue weighted by atomic mass is 10.0. The second-order valence-corrected chi connectivity index (χ2v) is 4.88. The van der Waals surface area contributed by atoms with E-state index in [2.05, 4.69) is 4.99 Å². The minimum atomic E-state index is -0.747. The lowest BCUT2D eigenvalue weighted by molar-refractivity contribution is 0.0600. The molecule has 0 atom stereocenters. The van der Waals surface area contributed by atoms with Crippen LogP contribution in [0.1, 0.15) is 27.0 Å². The molecule has 22 heavy (non-hydrogen) atoms. The van der Waals surface area contributed by atoms with Gasteiger partial charge in [0, 0.05) is 11.8 Å². The van der Waals surface area contributed by atoms with Gasteiger partial charge in [-0.2, -0.15) is 0 Å². The molecule has 1 N–H and O–H groups in total. The second-order valence-electron chi connectivity index (χ2n) is 4.88. The van der Waals surface area contributed by atoms with Crippen LogP contribution in [0.3, 0.4) is 0 Å². The highest BCUT2D eigenvalue weighted by atomic mass is 19.1. The zero-order chi connectivity index (χ0) is 16.3. The van der Waals surface area contributed by atoms with Gasteiger partial charge in [0.1, 0.15) is 5.69 Å². The van der Waals surface area contributed by atoms with E-state index in [-0.39, 0.29) is 5.69 Å². The average Bonchev–Trinajstić information content (AvgIpc) is 2.50. The van der Waals surface area contributed by atoms with E-state index in [0.29, 0.717) is 11.1 Å². The molecule has 114 valence electrons. The SMILES string of the molecule is COC(=O)c1cc(C)c(C)cc1C=Nc1cccc(F)c1O. The van der Waals surface area contributed by atoms with Crippen molar-refractivity contribution < 1.29 is 19.0 Å². The number of esters is 1. The van der Waals surface area contributed by atoms with Crippen LogP contribution in [0.2, 0.25) is 0 Å². The van der Waals surface area contributed by atoms with Crippen molar-refractivity contribution >= 4 is 17.9 Å². The Morgan fingerprint density at radius 3 is 2.64 bits per heavy atom. The van der Waals surface area contributed by atoms with Crippen molar-refractivity contribution in [1.29, 1.82) is 0 Å². The normalized spacial score (nSPS) is 10.9. The summed E-state index contributed by atoms with van der Waals surface area (Å²) in [6, 6.07) is 7.58. The number of ether oxygens (including phenoxy) is 1. The molecule has 0 spiro atoms. The van der Waals surface area contributed by atoms with Crippen LogP contribution in [-0.2, 0) is 4.74 Å². The van der Waals surface area contributed by atoms with E-state index >= 15 is 0 Å². The number of hydrogen-bond donors (Lipinski definition) is 1. The Labute approximate surface area is 127 Å². The van der Waals surface area contributed by atoms with Crippen molar-refractivity contribution in [3.05, 3.63) is 58.4 Å². The third kappa shape index (κ3) is 3.14. The molecule has 0 aliphatic carbocycles. The molecule has 2 rings (SSSR count). The molecule has 0 saturated carbocycles. The smallest absolute Gasteiger partial charge is 0.338 e. The summed E-state index contributed by atoms with van der Waals surface area (Å²) in [5.41, 5.74) is 2.93. The summed E-state index contributed by atoms with van der Waals surface area (Å²) in [5.74, 6) is -1.75. The van der Waals surface area contributed by atoms with E-state index in [1.54, 1.807) is 12.1 Å². The van der Waals surface area contributed by atoms with Gasteiger partial charge in [-0.25, -0.2) is 9.18 Å². The molecule has 4 nitrogen and oxygen atoms in total. The van der Waals surface area contributed by atoms with Crippen LogP contribution >= 0.6 is 0 Å². The van der Waals surface area contributed by atoms with Gasteiger partial charge in [0.15, 0.2) is 11.6 Å². The number of hydrogen-bond acceptors (Lipinski definition) is 4. The third-order valence-corrected chi connectivity index (χ3v) is 3.38. The van der Waals surface area contributed by atoms with Crippen LogP contribution in [0, 0.1) is 19.7 Å². The lowest BCUT2D eigenvalue weighted by Gasteiger charge is -2.08. The van der Waals surface area contributed by atoms with Crippen molar-refractivity contribution in [3.63, 3.8) is 0 Å². The number of phenols is 1. The van der Waals surface area contributed by atoms with E-state index < -0.39 is 17.5 Å². The number of aryl methyl sites for hydroxylation is 2. The molecule has 2 aromatic carbocycles. The Balaban J connectivity index is 2.48. The molecular formula is C17H16FNO3. The minimum Gasteiger partial charge on any atom is -0.503 e. The van der Waals surface area contributed by atoms with Gasteiger partial charge in [-0.05, 0) is 49.2 Å². The number of aliphatic imine (C=N–C) groups is 1. The van der Waals surface area contributed by atoms with Gasteiger partial charge in [-0.1, -0.05) is 6.07 Å². The van der Waals surface area contributed by atoms with Gasteiger partial charge in [0.2, 0.25) is 0 Å². The lowest BCUT2D eigenvalue weighted by Crippen LogP contribution is -2.06. The summed E-state index contributed by atoms with van der Waals surface area (Å²) in [4.78, 5) is 15.9. The first-order valence-electron chi connectivity index (χ1n) is 6.65. The Kier molecular flexibility index (Phi) is 4.56. The van der Waals surface area contributed by atoms with Crippen molar-refractivity contribution in [2.45, 2.75) is 13.8 Å². The largest absolute Gasteiger partial charge is 0.503 e. The number of para-hydroxylation sites is 1. The molecule has 0 aliphatic heterocycles. The van der Waals surface area contributed by atoms with Crippen LogP contribution in [0.15, 0.2) is 35.3 Å². The van der Waals surface area contributed by atoms with Gasteiger partial charge in [0.05, 0.1) is 12.7 Å². The van der Waals surface area contributed by atoms with Crippen LogP contribution in [0.5, 0.6) is 5.75 Å². The van der Waals surface area contributed by atoms with Crippen molar-refractivity contribution in [1.82, 2.24) is 0 Å². The van der Waals surface area contributed by atoms with E-state index in [0.717, 1.165) is 17.2 Å². The number of aromatic hydroxyl groups is 1. The van der Waals surface area contributed by atoms with Crippen LogP contribution in [-0.4, -0.2) is 24.4 Å². The molecule has 0 unspecified atom stereocenters. The monoisotopic (exact) mass is 301 g/mol. The number of benzene rings is 2. The Hall–Kier alpha value is -2.69. The molecule has 0 aromatic heterocycles. The quantitative estimate of drug-likeness (QED) is 0.695. The molecule has 0 amide bonds. The predicted molar refractivity (Wildman–Crippen MR) is 82.6 cm³/mol. The fourth-order valence-electron chi connectivity index (χ4n) is 1.98. The highest BCUT2D eigenvalue weighted by Crippen LogP contribution is 2.28. The van der Waals surface area contributed by atoms with Gasteiger partial charge >= 0.3 is 5.97 Å². The molecule has 5 heteroatoms. The summed E-state index contributed by atoms with van der Waals surface area (Å²) in [7, 11) is 1.30. The summed E-state index contributed by atoms with van der Waals surface area (Å²) in [5, 5.41) is 9.62. The van der Waals surface area contributed by atoms with Crippen molar-refractivity contribution in [2.24, 2.45) is 4.99 Å². The van der Waals surface area contributed by atoms with E-state index in [1.165, 1.54) is 25.5 Å². The fourth-order valence-corrected chi connectivity index (χ4v) is 1.98. The first-order valence-corrected chi connectivity index (χ1v) is 6.65. The van der Waals surface area contributed by atoms with Gasteiger partial charge < -0.3 is 9.84 Å². The highest BCUT2D eigenvalue weighted by Gasteiger charge is 2.13. The summed E-state index contributed by atoms with van der Waals surface area (Å²) in [6.45, 7) is 3.80. The Morgan fingerprint density at radius 2 is 1.95 bits per heavy atom. The maximum absolute atomic E-state index is 13.3. The Morgan fingerprint density at radius 1 is 1.27 bits per heavy atom.